The van der Waals surface area contributed by atoms with E-state index in [9.17, 15) is 0 Å². The van der Waals surface area contributed by atoms with Crippen molar-refractivity contribution in [3.05, 3.63) is 84.4 Å². The zero-order chi connectivity index (χ0) is 18.2. The van der Waals surface area contributed by atoms with Crippen LogP contribution in [-0.4, -0.2) is 12.2 Å². The standard InChI is InChI=1S/C21H21N3OS/c1-25-20-12-10-16(11-13-20)15-22-21(26)24-19-9-5-8-18(14-19)23-17-6-3-2-4-7-17/h2-14,23H,15H2,1H3,(H2,22,24,26). The van der Waals surface area contributed by atoms with Gasteiger partial charge < -0.3 is 20.7 Å². The third-order valence-corrected chi connectivity index (χ3v) is 4.04. The number of thiocarbonyl (C=S) groups is 1. The quantitative estimate of drug-likeness (QED) is 0.542. The molecule has 0 aliphatic carbocycles. The second kappa shape index (κ2) is 8.87. The fraction of sp³-hybridized carbons (Fsp3) is 0.0952. The molecule has 0 aromatic heterocycles. The number of methoxy groups -OCH3 is 1. The Hall–Kier alpha value is -3.05. The van der Waals surface area contributed by atoms with Crippen LogP contribution >= 0.6 is 12.2 Å². The molecule has 0 atom stereocenters. The van der Waals surface area contributed by atoms with E-state index in [1.54, 1.807) is 7.11 Å². The van der Waals surface area contributed by atoms with E-state index in [1.807, 2.05) is 78.9 Å². The minimum Gasteiger partial charge on any atom is -0.497 e. The van der Waals surface area contributed by atoms with Crippen molar-refractivity contribution in [1.29, 1.82) is 0 Å². The summed E-state index contributed by atoms with van der Waals surface area (Å²) in [5.41, 5.74) is 4.11. The lowest BCUT2D eigenvalue weighted by Gasteiger charge is -2.13. The van der Waals surface area contributed by atoms with E-state index in [2.05, 4.69) is 16.0 Å². The van der Waals surface area contributed by atoms with Gasteiger partial charge in [0, 0.05) is 23.6 Å². The van der Waals surface area contributed by atoms with Crippen molar-refractivity contribution in [2.75, 3.05) is 17.7 Å². The van der Waals surface area contributed by atoms with Crippen LogP contribution in [0.4, 0.5) is 17.1 Å². The molecule has 5 heteroatoms. The van der Waals surface area contributed by atoms with E-state index in [0.717, 1.165) is 28.4 Å². The van der Waals surface area contributed by atoms with E-state index in [1.165, 1.54) is 0 Å². The van der Waals surface area contributed by atoms with Crippen LogP contribution in [-0.2, 0) is 6.54 Å². The molecule has 3 rings (SSSR count). The lowest BCUT2D eigenvalue weighted by Crippen LogP contribution is -2.27. The molecule has 3 aromatic rings. The van der Waals surface area contributed by atoms with E-state index in [4.69, 9.17) is 17.0 Å². The van der Waals surface area contributed by atoms with Gasteiger partial charge in [-0.05, 0) is 60.2 Å². The van der Waals surface area contributed by atoms with E-state index >= 15 is 0 Å². The number of anilines is 3. The smallest absolute Gasteiger partial charge is 0.171 e. The summed E-state index contributed by atoms with van der Waals surface area (Å²) in [6.45, 7) is 0.651. The lowest BCUT2D eigenvalue weighted by molar-refractivity contribution is 0.414. The summed E-state index contributed by atoms with van der Waals surface area (Å²) in [5.74, 6) is 0.845. The molecule has 132 valence electrons. The Morgan fingerprint density at radius 2 is 1.54 bits per heavy atom. The summed E-state index contributed by atoms with van der Waals surface area (Å²) in [4.78, 5) is 0. The molecule has 0 spiro atoms. The van der Waals surface area contributed by atoms with Crippen LogP contribution < -0.4 is 20.7 Å². The molecule has 0 aliphatic heterocycles. The number of hydrogen-bond donors (Lipinski definition) is 3. The Morgan fingerprint density at radius 1 is 0.846 bits per heavy atom. The minimum atomic E-state index is 0.581. The molecule has 26 heavy (non-hydrogen) atoms. The predicted octanol–water partition coefficient (Wildman–Crippen LogP) is 4.93. The van der Waals surface area contributed by atoms with Crippen molar-refractivity contribution in [2.45, 2.75) is 6.54 Å². The molecule has 0 saturated carbocycles. The summed E-state index contributed by atoms with van der Waals surface area (Å²) < 4.78 is 5.16. The van der Waals surface area contributed by atoms with Gasteiger partial charge in [0.25, 0.3) is 0 Å². The lowest BCUT2D eigenvalue weighted by atomic mass is 10.2. The molecular formula is C21H21N3OS. The molecule has 0 heterocycles. The second-order valence-electron chi connectivity index (χ2n) is 5.73. The normalized spacial score (nSPS) is 10.0. The predicted molar refractivity (Wildman–Crippen MR) is 112 cm³/mol. The average molecular weight is 363 g/mol. The third kappa shape index (κ3) is 5.22. The largest absolute Gasteiger partial charge is 0.497 e. The van der Waals surface area contributed by atoms with Gasteiger partial charge in [0.2, 0.25) is 0 Å². The van der Waals surface area contributed by atoms with Crippen LogP contribution in [0.2, 0.25) is 0 Å². The number of hydrogen-bond acceptors (Lipinski definition) is 3. The van der Waals surface area contributed by atoms with Gasteiger partial charge in [0.05, 0.1) is 7.11 Å². The maximum Gasteiger partial charge on any atom is 0.171 e. The number of rotatable bonds is 6. The van der Waals surface area contributed by atoms with Crippen LogP contribution in [0, 0.1) is 0 Å². The second-order valence-corrected chi connectivity index (χ2v) is 6.14. The van der Waals surface area contributed by atoms with Crippen molar-refractivity contribution in [3.8, 4) is 5.75 Å². The van der Waals surface area contributed by atoms with Gasteiger partial charge in [-0.1, -0.05) is 36.4 Å². The Morgan fingerprint density at radius 3 is 2.27 bits per heavy atom. The van der Waals surface area contributed by atoms with E-state index in [0.29, 0.717) is 11.7 Å². The first-order chi connectivity index (χ1) is 12.7. The highest BCUT2D eigenvalue weighted by Crippen LogP contribution is 2.20. The van der Waals surface area contributed by atoms with Crippen molar-refractivity contribution in [1.82, 2.24) is 5.32 Å². The Balaban J connectivity index is 1.54. The zero-order valence-electron chi connectivity index (χ0n) is 14.5. The van der Waals surface area contributed by atoms with E-state index < -0.39 is 0 Å². The minimum absolute atomic E-state index is 0.581. The van der Waals surface area contributed by atoms with Gasteiger partial charge in [-0.25, -0.2) is 0 Å². The number of ether oxygens (including phenoxy) is 1. The zero-order valence-corrected chi connectivity index (χ0v) is 15.3. The van der Waals surface area contributed by atoms with Crippen molar-refractivity contribution >= 4 is 34.4 Å². The summed E-state index contributed by atoms with van der Waals surface area (Å²) >= 11 is 5.39. The molecule has 0 amide bonds. The average Bonchev–Trinajstić information content (AvgIpc) is 2.68. The summed E-state index contributed by atoms with van der Waals surface area (Å²) in [7, 11) is 1.66. The monoisotopic (exact) mass is 363 g/mol. The first-order valence-electron chi connectivity index (χ1n) is 8.33. The SMILES string of the molecule is COc1ccc(CNC(=S)Nc2cccc(Nc3ccccc3)c2)cc1. The van der Waals surface area contributed by atoms with Crippen molar-refractivity contribution in [3.63, 3.8) is 0 Å². The first-order valence-corrected chi connectivity index (χ1v) is 8.74. The Kier molecular flexibility index (Phi) is 6.06. The van der Waals surface area contributed by atoms with E-state index in [-0.39, 0.29) is 0 Å². The maximum atomic E-state index is 5.39. The number of benzene rings is 3. The molecule has 3 aromatic carbocycles. The fourth-order valence-corrected chi connectivity index (χ4v) is 2.65. The number of nitrogens with one attached hydrogen (secondary N) is 3. The molecule has 0 bridgehead atoms. The molecule has 0 radical (unpaired) electrons. The Labute approximate surface area is 159 Å². The first kappa shape index (κ1) is 17.8. The van der Waals surface area contributed by atoms with Gasteiger partial charge in [-0.3, -0.25) is 0 Å². The summed E-state index contributed by atoms with van der Waals surface area (Å²) in [6, 6.07) is 26.0. The van der Waals surface area contributed by atoms with Gasteiger partial charge in [0.1, 0.15) is 5.75 Å². The van der Waals surface area contributed by atoms with Crippen LogP contribution in [0.15, 0.2) is 78.9 Å². The Bertz CT molecular complexity index is 851. The van der Waals surface area contributed by atoms with Crippen LogP contribution in [0.5, 0.6) is 5.75 Å². The molecular weight excluding hydrogens is 342 g/mol. The van der Waals surface area contributed by atoms with Gasteiger partial charge in [0.15, 0.2) is 5.11 Å². The molecule has 3 N–H and O–H groups in total. The summed E-state index contributed by atoms with van der Waals surface area (Å²) in [6.07, 6.45) is 0. The number of para-hydroxylation sites is 1. The van der Waals surface area contributed by atoms with Crippen LogP contribution in [0.3, 0.4) is 0 Å². The molecule has 4 nitrogen and oxygen atoms in total. The highest BCUT2D eigenvalue weighted by atomic mass is 32.1. The van der Waals surface area contributed by atoms with Crippen LogP contribution in [0.25, 0.3) is 0 Å². The molecule has 0 aliphatic rings. The highest BCUT2D eigenvalue weighted by Gasteiger charge is 2.01. The van der Waals surface area contributed by atoms with Gasteiger partial charge >= 0.3 is 0 Å². The van der Waals surface area contributed by atoms with Gasteiger partial charge in [-0.15, -0.1) is 0 Å². The molecule has 0 saturated heterocycles. The van der Waals surface area contributed by atoms with Crippen LogP contribution in [0.1, 0.15) is 5.56 Å². The third-order valence-electron chi connectivity index (χ3n) is 3.80. The van der Waals surface area contributed by atoms with Gasteiger partial charge in [-0.2, -0.15) is 0 Å². The topological polar surface area (TPSA) is 45.3 Å². The molecule has 0 unspecified atom stereocenters. The summed E-state index contributed by atoms with van der Waals surface area (Å²) in [5, 5.41) is 10.4. The fourth-order valence-electron chi connectivity index (χ4n) is 2.46. The van der Waals surface area contributed by atoms with Crippen molar-refractivity contribution in [2.24, 2.45) is 0 Å². The highest BCUT2D eigenvalue weighted by molar-refractivity contribution is 7.80. The molecule has 0 fully saturated rings. The van der Waals surface area contributed by atoms with Crippen molar-refractivity contribution < 1.29 is 4.74 Å². The maximum absolute atomic E-state index is 5.39.